The lowest BCUT2D eigenvalue weighted by molar-refractivity contribution is 0.415. The molecule has 5 nitrogen and oxygen atoms in total. The fourth-order valence-electron chi connectivity index (χ4n) is 3.34. The Morgan fingerprint density at radius 3 is 2.32 bits per heavy atom. The van der Waals surface area contributed by atoms with Crippen LogP contribution in [-0.2, 0) is 0 Å². The van der Waals surface area contributed by atoms with Crippen molar-refractivity contribution in [1.82, 2.24) is 14.4 Å². The zero-order valence-corrected chi connectivity index (χ0v) is 14.3. The standard InChI is InChI=1S/C18H11N3O2.C2H6/c1-23-10-6-7-14-13(8-10)16-17-15(19-9-20-16)11-4-2-3-5-12(11)18(22)21(14)17;1-2/h2-9H,1H3;1-2H3. The van der Waals surface area contributed by atoms with Gasteiger partial charge in [0.1, 0.15) is 23.1 Å². The third-order valence-corrected chi connectivity index (χ3v) is 4.36. The lowest BCUT2D eigenvalue weighted by Gasteiger charge is -2.04. The minimum Gasteiger partial charge on any atom is -0.497 e. The van der Waals surface area contributed by atoms with E-state index in [0.29, 0.717) is 5.39 Å². The molecule has 0 amide bonds. The molecule has 5 aromatic rings. The van der Waals surface area contributed by atoms with Gasteiger partial charge in [0.2, 0.25) is 0 Å². The van der Waals surface area contributed by atoms with E-state index in [4.69, 9.17) is 4.74 Å². The summed E-state index contributed by atoms with van der Waals surface area (Å²) in [6.07, 6.45) is 1.55. The van der Waals surface area contributed by atoms with Crippen molar-refractivity contribution in [1.29, 1.82) is 0 Å². The average molecular weight is 331 g/mol. The highest BCUT2D eigenvalue weighted by atomic mass is 16.5. The first-order chi connectivity index (χ1) is 12.3. The van der Waals surface area contributed by atoms with Crippen LogP contribution in [0.3, 0.4) is 0 Å². The SMILES string of the molecule is CC.COc1ccc2c(c1)c1ncnc3c4ccccc4c(=O)n2c31. The topological polar surface area (TPSA) is 56.5 Å². The first kappa shape index (κ1) is 15.3. The van der Waals surface area contributed by atoms with Crippen molar-refractivity contribution in [2.24, 2.45) is 0 Å². The molecule has 3 heterocycles. The molecule has 0 spiro atoms. The number of hydrogen-bond acceptors (Lipinski definition) is 4. The third kappa shape index (κ3) is 1.99. The maximum Gasteiger partial charge on any atom is 0.263 e. The van der Waals surface area contributed by atoms with Gasteiger partial charge in [0, 0.05) is 16.2 Å². The van der Waals surface area contributed by atoms with Crippen LogP contribution in [0.1, 0.15) is 13.8 Å². The quantitative estimate of drug-likeness (QED) is 0.435. The maximum absolute atomic E-state index is 13.0. The van der Waals surface area contributed by atoms with Gasteiger partial charge in [0.15, 0.2) is 0 Å². The Bertz CT molecular complexity index is 1270. The molecule has 0 saturated carbocycles. The van der Waals surface area contributed by atoms with E-state index in [9.17, 15) is 4.79 Å². The molecule has 0 aliphatic rings. The molecule has 25 heavy (non-hydrogen) atoms. The van der Waals surface area contributed by atoms with Crippen molar-refractivity contribution < 1.29 is 4.74 Å². The fourth-order valence-corrected chi connectivity index (χ4v) is 3.34. The Kier molecular flexibility index (Phi) is 3.50. The van der Waals surface area contributed by atoms with Crippen molar-refractivity contribution in [2.75, 3.05) is 7.11 Å². The van der Waals surface area contributed by atoms with Gasteiger partial charge in [-0.1, -0.05) is 32.0 Å². The van der Waals surface area contributed by atoms with Gasteiger partial charge in [-0.15, -0.1) is 0 Å². The predicted molar refractivity (Wildman–Crippen MR) is 101 cm³/mol. The van der Waals surface area contributed by atoms with Crippen molar-refractivity contribution in [2.45, 2.75) is 13.8 Å². The summed E-state index contributed by atoms with van der Waals surface area (Å²) in [6, 6.07) is 13.2. The number of benzene rings is 2. The highest BCUT2D eigenvalue weighted by molar-refractivity contribution is 6.17. The van der Waals surface area contributed by atoms with Crippen LogP contribution in [0.2, 0.25) is 0 Å². The zero-order chi connectivity index (χ0) is 17.6. The van der Waals surface area contributed by atoms with Gasteiger partial charge in [-0.05, 0) is 24.3 Å². The molecular weight excluding hydrogens is 314 g/mol. The number of rotatable bonds is 1. The number of pyridine rings is 1. The zero-order valence-electron chi connectivity index (χ0n) is 14.3. The normalized spacial score (nSPS) is 11.2. The highest BCUT2D eigenvalue weighted by Gasteiger charge is 2.18. The van der Waals surface area contributed by atoms with Gasteiger partial charge in [0.25, 0.3) is 5.56 Å². The van der Waals surface area contributed by atoms with Crippen molar-refractivity contribution in [3.05, 3.63) is 59.1 Å². The van der Waals surface area contributed by atoms with Crippen LogP contribution in [-0.4, -0.2) is 21.5 Å². The molecule has 0 aliphatic carbocycles. The maximum atomic E-state index is 13.0. The Hall–Kier alpha value is -3.21. The molecule has 0 N–H and O–H groups in total. The summed E-state index contributed by atoms with van der Waals surface area (Å²) >= 11 is 0. The van der Waals surface area contributed by atoms with Crippen LogP contribution >= 0.6 is 0 Å². The molecule has 5 heteroatoms. The van der Waals surface area contributed by atoms with Crippen LogP contribution in [0.5, 0.6) is 5.75 Å². The van der Waals surface area contributed by atoms with E-state index in [0.717, 1.165) is 38.6 Å². The number of aromatic nitrogens is 3. The van der Waals surface area contributed by atoms with Crippen LogP contribution in [0.4, 0.5) is 0 Å². The van der Waals surface area contributed by atoms with Crippen molar-refractivity contribution >= 4 is 38.2 Å². The fraction of sp³-hybridized carbons (Fsp3) is 0.150. The van der Waals surface area contributed by atoms with Crippen LogP contribution in [0.15, 0.2) is 53.6 Å². The molecule has 124 valence electrons. The summed E-state index contributed by atoms with van der Waals surface area (Å²) in [5, 5.41) is 2.41. The molecule has 0 fully saturated rings. The second kappa shape index (κ2) is 5.70. The molecule has 3 aromatic heterocycles. The summed E-state index contributed by atoms with van der Waals surface area (Å²) < 4.78 is 7.02. The molecule has 0 unspecified atom stereocenters. The molecule has 2 aromatic carbocycles. The minimum absolute atomic E-state index is 0.0481. The van der Waals surface area contributed by atoms with Gasteiger partial charge in [-0.3, -0.25) is 9.20 Å². The van der Waals surface area contributed by atoms with Crippen LogP contribution in [0, 0.1) is 0 Å². The van der Waals surface area contributed by atoms with E-state index in [1.807, 2.05) is 56.3 Å². The summed E-state index contributed by atoms with van der Waals surface area (Å²) in [7, 11) is 1.62. The predicted octanol–water partition coefficient (Wildman–Crippen LogP) is 4.02. The molecule has 0 saturated heterocycles. The van der Waals surface area contributed by atoms with E-state index in [1.165, 1.54) is 0 Å². The van der Waals surface area contributed by atoms with Crippen molar-refractivity contribution in [3.8, 4) is 5.75 Å². The number of methoxy groups -OCH3 is 1. The van der Waals surface area contributed by atoms with E-state index in [2.05, 4.69) is 9.97 Å². The Morgan fingerprint density at radius 2 is 1.60 bits per heavy atom. The van der Waals surface area contributed by atoms with Gasteiger partial charge in [-0.2, -0.15) is 0 Å². The van der Waals surface area contributed by atoms with Crippen molar-refractivity contribution in [3.63, 3.8) is 0 Å². The summed E-state index contributed by atoms with van der Waals surface area (Å²) in [6.45, 7) is 4.00. The summed E-state index contributed by atoms with van der Waals surface area (Å²) in [5.41, 5.74) is 3.10. The van der Waals surface area contributed by atoms with Crippen LogP contribution in [0.25, 0.3) is 38.2 Å². The summed E-state index contributed by atoms with van der Waals surface area (Å²) in [4.78, 5) is 21.9. The van der Waals surface area contributed by atoms with Gasteiger partial charge in [0.05, 0.1) is 18.1 Å². The Balaban J connectivity index is 0.000000758. The minimum atomic E-state index is -0.0481. The molecule has 5 rings (SSSR count). The van der Waals surface area contributed by atoms with E-state index in [1.54, 1.807) is 17.8 Å². The number of fused-ring (bicyclic) bond motifs is 5. The second-order valence-corrected chi connectivity index (χ2v) is 5.49. The molecular formula is C20H17N3O2. The summed E-state index contributed by atoms with van der Waals surface area (Å²) in [5.74, 6) is 0.737. The van der Waals surface area contributed by atoms with E-state index >= 15 is 0 Å². The van der Waals surface area contributed by atoms with E-state index < -0.39 is 0 Å². The first-order valence-corrected chi connectivity index (χ1v) is 8.27. The van der Waals surface area contributed by atoms with Gasteiger partial charge in [-0.25, -0.2) is 9.97 Å². The number of nitrogens with zero attached hydrogens (tertiary/aromatic N) is 3. The molecule has 0 bridgehead atoms. The lowest BCUT2D eigenvalue weighted by Crippen LogP contribution is -2.13. The third-order valence-electron chi connectivity index (χ3n) is 4.36. The Morgan fingerprint density at radius 1 is 0.920 bits per heavy atom. The number of hydrogen-bond donors (Lipinski definition) is 0. The average Bonchev–Trinajstić information content (AvgIpc) is 3.02. The van der Waals surface area contributed by atoms with Gasteiger partial charge >= 0.3 is 0 Å². The first-order valence-electron chi connectivity index (χ1n) is 8.27. The van der Waals surface area contributed by atoms with Gasteiger partial charge < -0.3 is 4.74 Å². The smallest absolute Gasteiger partial charge is 0.263 e. The Labute approximate surface area is 143 Å². The molecule has 0 aliphatic heterocycles. The second-order valence-electron chi connectivity index (χ2n) is 5.49. The number of ether oxygens (including phenoxy) is 1. The monoisotopic (exact) mass is 331 g/mol. The van der Waals surface area contributed by atoms with Crippen LogP contribution < -0.4 is 10.3 Å². The lowest BCUT2D eigenvalue weighted by atomic mass is 10.1. The highest BCUT2D eigenvalue weighted by Crippen LogP contribution is 2.33. The molecule has 0 atom stereocenters. The largest absolute Gasteiger partial charge is 0.497 e. The van der Waals surface area contributed by atoms with E-state index in [-0.39, 0.29) is 5.56 Å². The molecule has 0 radical (unpaired) electrons.